The van der Waals surface area contributed by atoms with Gasteiger partial charge in [-0.05, 0) is 77.0 Å². The number of unbranched alkanes of at least 4 members (excludes halogenated alkanes) is 33. The molecule has 9 nitrogen and oxygen atoms in total. The van der Waals surface area contributed by atoms with Gasteiger partial charge in [0.05, 0.1) is 40.3 Å². The molecular formula is C66H119NO8. The van der Waals surface area contributed by atoms with Gasteiger partial charge < -0.3 is 33.3 Å². The number of ether oxygens (including phenoxy) is 4. The Hall–Kier alpha value is -3.01. The van der Waals surface area contributed by atoms with Crippen LogP contribution in [0.15, 0.2) is 60.8 Å². The summed E-state index contributed by atoms with van der Waals surface area (Å²) in [6, 6.07) is 0. The Labute approximate surface area is 463 Å². The van der Waals surface area contributed by atoms with Crippen molar-refractivity contribution in [1.29, 1.82) is 0 Å². The third-order valence-electron chi connectivity index (χ3n) is 13.7. The number of hydrogen-bond acceptors (Lipinski definition) is 8. The largest absolute Gasteiger partial charge is 0.545 e. The summed E-state index contributed by atoms with van der Waals surface area (Å²) in [5, 5.41) is 11.8. The van der Waals surface area contributed by atoms with Gasteiger partial charge in [-0.2, -0.15) is 0 Å². The molecule has 0 heterocycles. The van der Waals surface area contributed by atoms with Crippen molar-refractivity contribution in [2.24, 2.45) is 0 Å². The lowest BCUT2D eigenvalue weighted by Crippen LogP contribution is -2.44. The molecule has 0 aromatic carbocycles. The zero-order chi connectivity index (χ0) is 54.8. The molecule has 2 atom stereocenters. The SMILES string of the molecule is CC/C=C\C/C=C\C/C=C\C/C=C\CCCCCCCCCCCCCCCCC(=O)OC(COC(=O)CCCCCCCCCCCCC/C=C\CCCCCCCCCC)COC(OCC[N+](C)(C)C)C(=O)[O-]. The van der Waals surface area contributed by atoms with E-state index in [2.05, 4.69) is 74.6 Å². The van der Waals surface area contributed by atoms with Crippen molar-refractivity contribution in [2.45, 2.75) is 296 Å². The first kappa shape index (κ1) is 72.0. The Balaban J connectivity index is 4.18. The summed E-state index contributed by atoms with van der Waals surface area (Å²) in [5.74, 6) is -2.27. The smallest absolute Gasteiger partial charge is 0.306 e. The van der Waals surface area contributed by atoms with E-state index in [-0.39, 0.29) is 32.2 Å². The van der Waals surface area contributed by atoms with Crippen LogP contribution in [0.1, 0.15) is 284 Å². The van der Waals surface area contributed by atoms with Gasteiger partial charge in [-0.25, -0.2) is 0 Å². The number of nitrogens with zero attached hydrogens (tertiary/aromatic N) is 1. The summed E-state index contributed by atoms with van der Waals surface area (Å²) in [7, 11) is 5.93. The van der Waals surface area contributed by atoms with Gasteiger partial charge in [-0.1, -0.05) is 254 Å². The van der Waals surface area contributed by atoms with E-state index >= 15 is 0 Å². The Morgan fingerprint density at radius 2 is 0.760 bits per heavy atom. The molecule has 0 fully saturated rings. The lowest BCUT2D eigenvalue weighted by atomic mass is 10.0. The molecule has 2 unspecified atom stereocenters. The molecule has 9 heteroatoms. The van der Waals surface area contributed by atoms with Crippen LogP contribution >= 0.6 is 0 Å². The third kappa shape index (κ3) is 58.5. The number of esters is 2. The Bertz CT molecular complexity index is 1410. The number of allylic oxidation sites excluding steroid dienone is 10. The number of aliphatic carboxylic acids is 1. The summed E-state index contributed by atoms with van der Waals surface area (Å²) in [4.78, 5) is 37.4. The fourth-order valence-corrected chi connectivity index (χ4v) is 8.94. The molecule has 0 radical (unpaired) electrons. The zero-order valence-electron chi connectivity index (χ0n) is 49.7. The molecule has 0 aliphatic heterocycles. The lowest BCUT2D eigenvalue weighted by molar-refractivity contribution is -0.870. The van der Waals surface area contributed by atoms with Gasteiger partial charge in [0, 0.05) is 12.8 Å². The maximum atomic E-state index is 12.9. The van der Waals surface area contributed by atoms with Gasteiger partial charge in [0.1, 0.15) is 13.2 Å². The quantitative estimate of drug-likeness (QED) is 0.0195. The minimum Gasteiger partial charge on any atom is -0.545 e. The van der Waals surface area contributed by atoms with Crippen LogP contribution in [0.4, 0.5) is 0 Å². The van der Waals surface area contributed by atoms with E-state index in [0.29, 0.717) is 23.9 Å². The number of quaternary nitrogens is 1. The first-order chi connectivity index (χ1) is 36.6. The number of carboxylic acid groups (broad SMARTS) is 1. The molecule has 0 aromatic rings. The molecule has 75 heavy (non-hydrogen) atoms. The minimum absolute atomic E-state index is 0.147. The average Bonchev–Trinajstić information content (AvgIpc) is 3.38. The van der Waals surface area contributed by atoms with E-state index in [0.717, 1.165) is 64.2 Å². The molecule has 436 valence electrons. The van der Waals surface area contributed by atoms with E-state index in [1.54, 1.807) is 0 Å². The second-order valence-electron chi connectivity index (χ2n) is 22.3. The molecule has 0 saturated heterocycles. The summed E-state index contributed by atoms with van der Waals surface area (Å²) in [6.45, 7) is 4.67. The molecule has 0 aromatic heterocycles. The van der Waals surface area contributed by atoms with Crippen LogP contribution in [-0.2, 0) is 33.3 Å². The topological polar surface area (TPSA) is 111 Å². The molecule has 0 bridgehead atoms. The number of carbonyl (C=O) groups is 3. The van der Waals surface area contributed by atoms with Crippen LogP contribution in [0.5, 0.6) is 0 Å². The Morgan fingerprint density at radius 3 is 1.15 bits per heavy atom. The van der Waals surface area contributed by atoms with Crippen LogP contribution in [0.2, 0.25) is 0 Å². The Morgan fingerprint density at radius 1 is 0.413 bits per heavy atom. The lowest BCUT2D eigenvalue weighted by Gasteiger charge is -2.26. The number of carbonyl (C=O) groups excluding carboxylic acids is 3. The normalized spacial score (nSPS) is 13.1. The van der Waals surface area contributed by atoms with Crippen LogP contribution in [0.3, 0.4) is 0 Å². The zero-order valence-corrected chi connectivity index (χ0v) is 49.7. The van der Waals surface area contributed by atoms with Crippen molar-refractivity contribution in [3.8, 4) is 0 Å². The predicted octanol–water partition coefficient (Wildman–Crippen LogP) is 17.5. The summed E-state index contributed by atoms with van der Waals surface area (Å²) < 4.78 is 22.8. The number of rotatable bonds is 58. The minimum atomic E-state index is -1.62. The average molecular weight is 1050 g/mol. The highest BCUT2D eigenvalue weighted by Crippen LogP contribution is 2.17. The highest BCUT2D eigenvalue weighted by Gasteiger charge is 2.22. The molecule has 0 rings (SSSR count). The van der Waals surface area contributed by atoms with Gasteiger partial charge in [-0.15, -0.1) is 0 Å². The highest BCUT2D eigenvalue weighted by molar-refractivity contribution is 5.70. The maximum Gasteiger partial charge on any atom is 0.306 e. The van der Waals surface area contributed by atoms with Crippen molar-refractivity contribution in [2.75, 3.05) is 47.5 Å². The summed E-state index contributed by atoms with van der Waals surface area (Å²) >= 11 is 0. The van der Waals surface area contributed by atoms with Gasteiger partial charge >= 0.3 is 11.9 Å². The van der Waals surface area contributed by atoms with Crippen molar-refractivity contribution >= 4 is 17.9 Å². The number of hydrogen-bond donors (Lipinski definition) is 0. The van der Waals surface area contributed by atoms with E-state index in [4.69, 9.17) is 18.9 Å². The predicted molar refractivity (Wildman–Crippen MR) is 315 cm³/mol. The monoisotopic (exact) mass is 1050 g/mol. The number of carboxylic acids is 1. The van der Waals surface area contributed by atoms with E-state index in [1.165, 1.54) is 186 Å². The highest BCUT2D eigenvalue weighted by atomic mass is 16.7. The van der Waals surface area contributed by atoms with Crippen molar-refractivity contribution in [3.05, 3.63) is 60.8 Å². The second-order valence-corrected chi connectivity index (χ2v) is 22.3. The van der Waals surface area contributed by atoms with Crippen molar-refractivity contribution < 1.29 is 42.9 Å². The standard InChI is InChI=1S/C66H119NO8/c1-6-8-10-12-14-16-18-20-22-24-26-28-30-31-32-33-35-37-39-41-43-45-47-49-51-53-55-57-64(69)75-62(61-74-66(65(70)71)72-59-58-67(3,4)5)60-73-63(68)56-54-52-50-48-46-44-42-40-38-36-34-29-27-25-23-21-19-17-15-13-11-9-7-2/h8,10,14,16,20,22,25-28,62,66H,6-7,9,11-13,15,17-19,21,23-24,29-61H2,1-5H3/b10-8-,16-14-,22-20-,27-25-,28-26-. The number of likely N-dealkylation sites (N-methyl/N-ethyl adjacent to an activating group) is 1. The maximum absolute atomic E-state index is 12.9. The molecule has 0 amide bonds. The van der Waals surface area contributed by atoms with Gasteiger partial charge in [0.25, 0.3) is 0 Å². The van der Waals surface area contributed by atoms with Crippen LogP contribution in [0.25, 0.3) is 0 Å². The second kappa shape index (κ2) is 57.2. The Kier molecular flexibility index (Phi) is 54.9. The van der Waals surface area contributed by atoms with E-state index in [1.807, 2.05) is 21.1 Å². The van der Waals surface area contributed by atoms with Crippen LogP contribution in [0, 0.1) is 0 Å². The van der Waals surface area contributed by atoms with Crippen molar-refractivity contribution in [3.63, 3.8) is 0 Å². The van der Waals surface area contributed by atoms with Gasteiger partial charge in [0.2, 0.25) is 0 Å². The fraction of sp³-hybridized carbons (Fsp3) is 0.803. The first-order valence-electron chi connectivity index (χ1n) is 31.4. The molecule has 0 aliphatic rings. The molecule has 0 aliphatic carbocycles. The summed E-state index contributed by atoms with van der Waals surface area (Å²) in [6.07, 6.45) is 69.9. The third-order valence-corrected chi connectivity index (χ3v) is 13.7. The fourth-order valence-electron chi connectivity index (χ4n) is 8.94. The van der Waals surface area contributed by atoms with E-state index < -0.39 is 24.3 Å². The molecule has 0 N–H and O–H groups in total. The van der Waals surface area contributed by atoms with E-state index in [9.17, 15) is 19.5 Å². The molecule has 0 spiro atoms. The first-order valence-corrected chi connectivity index (χ1v) is 31.4. The summed E-state index contributed by atoms with van der Waals surface area (Å²) in [5.41, 5.74) is 0. The molecular weight excluding hydrogens is 935 g/mol. The van der Waals surface area contributed by atoms with Crippen LogP contribution < -0.4 is 5.11 Å². The van der Waals surface area contributed by atoms with Crippen molar-refractivity contribution in [1.82, 2.24) is 0 Å². The van der Waals surface area contributed by atoms with Gasteiger partial charge in [0.15, 0.2) is 12.4 Å². The molecule has 0 saturated carbocycles. The van der Waals surface area contributed by atoms with Gasteiger partial charge in [-0.3, -0.25) is 9.59 Å². The van der Waals surface area contributed by atoms with Crippen LogP contribution in [-0.4, -0.2) is 82.3 Å².